The first kappa shape index (κ1) is 25.2. The van der Waals surface area contributed by atoms with Crippen LogP contribution in [0, 0.1) is 0 Å². The summed E-state index contributed by atoms with van der Waals surface area (Å²) in [6.07, 6.45) is 3.73. The molecule has 1 saturated heterocycles. The van der Waals surface area contributed by atoms with Gasteiger partial charge in [0.1, 0.15) is 12.4 Å². The van der Waals surface area contributed by atoms with Gasteiger partial charge < -0.3 is 15.4 Å². The van der Waals surface area contributed by atoms with Gasteiger partial charge in [-0.2, -0.15) is 9.61 Å². The van der Waals surface area contributed by atoms with Crippen molar-refractivity contribution in [3.05, 3.63) is 102 Å². The second-order valence-electron chi connectivity index (χ2n) is 9.88. The van der Waals surface area contributed by atoms with E-state index in [2.05, 4.69) is 10.1 Å². The maximum atomic E-state index is 12.8. The molecule has 9 heteroatoms. The Hall–Kier alpha value is -5.05. The summed E-state index contributed by atoms with van der Waals surface area (Å²) in [5.41, 5.74) is 12.4. The number of anilines is 1. The molecule has 0 aliphatic carbocycles. The SMILES string of the molecule is CC(=O)c1c(C2CCN(C(=O)OCc3ccccc3)C2)nc2c(-c3ccc(-c4ccccc4)nc3)cnn2c1N. The first-order valence-corrected chi connectivity index (χ1v) is 13.1. The molecule has 1 fully saturated rings. The minimum atomic E-state index is -0.389. The van der Waals surface area contributed by atoms with Crippen molar-refractivity contribution >= 4 is 23.3 Å². The molecule has 0 spiro atoms. The molecule has 3 aromatic heterocycles. The Morgan fingerprint density at radius 1 is 0.975 bits per heavy atom. The Labute approximate surface area is 231 Å². The molecule has 1 aliphatic rings. The zero-order chi connectivity index (χ0) is 27.6. The van der Waals surface area contributed by atoms with Crippen LogP contribution in [0.3, 0.4) is 0 Å². The molecule has 1 aliphatic heterocycles. The molecule has 4 heterocycles. The summed E-state index contributed by atoms with van der Waals surface area (Å²) in [5.74, 6) is -0.132. The third-order valence-electron chi connectivity index (χ3n) is 7.25. The van der Waals surface area contributed by atoms with Crippen molar-refractivity contribution < 1.29 is 14.3 Å². The number of ketones is 1. The zero-order valence-electron chi connectivity index (χ0n) is 22.0. The predicted molar refractivity (Wildman–Crippen MR) is 152 cm³/mol. The number of fused-ring (bicyclic) bond motifs is 1. The highest BCUT2D eigenvalue weighted by molar-refractivity contribution is 6.00. The predicted octanol–water partition coefficient (Wildman–Crippen LogP) is 5.37. The number of rotatable bonds is 6. The van der Waals surface area contributed by atoms with Crippen LogP contribution in [0.1, 0.15) is 40.9 Å². The molecule has 40 heavy (non-hydrogen) atoms. The van der Waals surface area contributed by atoms with Gasteiger partial charge in [-0.25, -0.2) is 9.78 Å². The van der Waals surface area contributed by atoms with Gasteiger partial charge in [0.25, 0.3) is 0 Å². The molecule has 2 aromatic carbocycles. The zero-order valence-corrected chi connectivity index (χ0v) is 22.0. The van der Waals surface area contributed by atoms with Crippen LogP contribution >= 0.6 is 0 Å². The van der Waals surface area contributed by atoms with Gasteiger partial charge in [-0.05, 0) is 25.0 Å². The lowest BCUT2D eigenvalue weighted by molar-refractivity contribution is 0.101. The first-order valence-electron chi connectivity index (χ1n) is 13.1. The van der Waals surface area contributed by atoms with Crippen molar-refractivity contribution in [1.82, 2.24) is 24.5 Å². The average molecular weight is 533 g/mol. The Morgan fingerprint density at radius 3 is 2.42 bits per heavy atom. The third kappa shape index (κ3) is 4.77. The molecule has 2 N–H and O–H groups in total. The molecule has 200 valence electrons. The summed E-state index contributed by atoms with van der Waals surface area (Å²) in [7, 11) is 0. The van der Waals surface area contributed by atoms with E-state index in [1.807, 2.05) is 72.8 Å². The number of nitrogens with two attached hydrogens (primary N) is 1. The highest BCUT2D eigenvalue weighted by Gasteiger charge is 2.33. The number of pyridine rings is 1. The topological polar surface area (TPSA) is 116 Å². The van der Waals surface area contributed by atoms with Crippen molar-refractivity contribution in [3.8, 4) is 22.4 Å². The highest BCUT2D eigenvalue weighted by Crippen LogP contribution is 2.34. The second kappa shape index (κ2) is 10.6. The summed E-state index contributed by atoms with van der Waals surface area (Å²) in [6, 6.07) is 23.4. The molecule has 0 saturated carbocycles. The maximum absolute atomic E-state index is 12.8. The minimum Gasteiger partial charge on any atom is -0.445 e. The standard InChI is InChI=1S/C31H28N6O3/c1-20(38)27-28(24-14-15-36(18-24)31(39)40-19-21-8-4-2-5-9-21)35-30-25(17-34-37(30)29(27)32)23-12-13-26(33-16-23)22-10-6-3-7-11-22/h2-13,16-17,24H,14-15,18-19,32H2,1H3. The average Bonchev–Trinajstić information content (AvgIpc) is 3.65. The van der Waals surface area contributed by atoms with Gasteiger partial charge >= 0.3 is 6.09 Å². The fourth-order valence-corrected chi connectivity index (χ4v) is 5.19. The molecule has 5 aromatic rings. The van der Waals surface area contributed by atoms with E-state index < -0.39 is 0 Å². The minimum absolute atomic E-state index is 0.170. The van der Waals surface area contributed by atoms with Gasteiger partial charge in [0.15, 0.2) is 11.4 Å². The van der Waals surface area contributed by atoms with Crippen LogP contribution in [0.25, 0.3) is 28.0 Å². The van der Waals surface area contributed by atoms with E-state index in [0.29, 0.717) is 36.4 Å². The normalized spacial score (nSPS) is 14.9. The number of amides is 1. The lowest BCUT2D eigenvalue weighted by atomic mass is 9.97. The Balaban J connectivity index is 1.29. The molecular weight excluding hydrogens is 504 g/mol. The quantitative estimate of drug-likeness (QED) is 0.292. The van der Waals surface area contributed by atoms with Gasteiger partial charge in [-0.15, -0.1) is 0 Å². The Bertz CT molecular complexity index is 1680. The summed E-state index contributed by atoms with van der Waals surface area (Å²) >= 11 is 0. The molecule has 1 unspecified atom stereocenters. The van der Waals surface area contributed by atoms with Gasteiger partial charge in [-0.1, -0.05) is 66.7 Å². The van der Waals surface area contributed by atoms with E-state index in [9.17, 15) is 9.59 Å². The fourth-order valence-electron chi connectivity index (χ4n) is 5.19. The van der Waals surface area contributed by atoms with Crippen LogP contribution < -0.4 is 5.73 Å². The number of aromatic nitrogens is 4. The molecule has 0 radical (unpaired) electrons. The van der Waals surface area contributed by atoms with Crippen molar-refractivity contribution in [2.75, 3.05) is 18.8 Å². The molecule has 9 nitrogen and oxygen atoms in total. The van der Waals surface area contributed by atoms with Crippen LogP contribution in [0.2, 0.25) is 0 Å². The molecular formula is C31H28N6O3. The highest BCUT2D eigenvalue weighted by atomic mass is 16.6. The molecule has 1 amide bonds. The van der Waals surface area contributed by atoms with Crippen molar-refractivity contribution in [3.63, 3.8) is 0 Å². The number of Topliss-reactive ketones (excluding diaryl/α,β-unsaturated/α-hetero) is 1. The van der Waals surface area contributed by atoms with Gasteiger partial charge in [0.05, 0.1) is 23.1 Å². The first-order chi connectivity index (χ1) is 19.5. The Kier molecular flexibility index (Phi) is 6.69. The monoisotopic (exact) mass is 532 g/mol. The number of nitrogen functional groups attached to an aromatic ring is 1. The Morgan fingerprint density at radius 2 is 1.73 bits per heavy atom. The number of nitrogens with zero attached hydrogens (tertiary/aromatic N) is 5. The van der Waals surface area contributed by atoms with E-state index >= 15 is 0 Å². The van der Waals surface area contributed by atoms with Crippen LogP contribution in [0.4, 0.5) is 10.6 Å². The van der Waals surface area contributed by atoms with E-state index in [1.54, 1.807) is 17.3 Å². The summed E-state index contributed by atoms with van der Waals surface area (Å²) in [6.45, 7) is 2.56. The number of hydrogen-bond acceptors (Lipinski definition) is 7. The lowest BCUT2D eigenvalue weighted by Crippen LogP contribution is -2.29. The van der Waals surface area contributed by atoms with Crippen molar-refractivity contribution in [2.24, 2.45) is 0 Å². The van der Waals surface area contributed by atoms with E-state index in [-0.39, 0.29) is 30.2 Å². The largest absolute Gasteiger partial charge is 0.445 e. The van der Waals surface area contributed by atoms with Crippen molar-refractivity contribution in [2.45, 2.75) is 25.9 Å². The summed E-state index contributed by atoms with van der Waals surface area (Å²) < 4.78 is 7.03. The number of carbonyl (C=O) groups is 2. The number of likely N-dealkylation sites (tertiary alicyclic amines) is 1. The summed E-state index contributed by atoms with van der Waals surface area (Å²) in [4.78, 5) is 36.8. The van der Waals surface area contributed by atoms with Crippen molar-refractivity contribution in [1.29, 1.82) is 0 Å². The summed E-state index contributed by atoms with van der Waals surface area (Å²) in [5, 5.41) is 4.45. The van der Waals surface area contributed by atoms with E-state index in [1.165, 1.54) is 11.4 Å². The maximum Gasteiger partial charge on any atom is 0.410 e. The van der Waals surface area contributed by atoms with Crippen LogP contribution in [0.5, 0.6) is 0 Å². The lowest BCUT2D eigenvalue weighted by Gasteiger charge is -2.18. The second-order valence-corrected chi connectivity index (χ2v) is 9.88. The number of benzene rings is 2. The van der Waals surface area contributed by atoms with Gasteiger partial charge in [-0.3, -0.25) is 9.78 Å². The van der Waals surface area contributed by atoms with E-state index in [4.69, 9.17) is 15.5 Å². The molecule has 6 rings (SSSR count). The number of hydrogen-bond donors (Lipinski definition) is 1. The molecule has 0 bridgehead atoms. The molecule has 1 atom stereocenters. The fraction of sp³-hybridized carbons (Fsp3) is 0.194. The smallest absolute Gasteiger partial charge is 0.410 e. The van der Waals surface area contributed by atoms with Crippen LogP contribution in [-0.4, -0.2) is 49.4 Å². The van der Waals surface area contributed by atoms with Crippen LogP contribution in [0.15, 0.2) is 85.2 Å². The third-order valence-corrected chi connectivity index (χ3v) is 7.25. The van der Waals surface area contributed by atoms with E-state index in [0.717, 1.165) is 27.9 Å². The van der Waals surface area contributed by atoms with Gasteiger partial charge in [0.2, 0.25) is 0 Å². The number of carbonyl (C=O) groups excluding carboxylic acids is 2. The van der Waals surface area contributed by atoms with Crippen LogP contribution in [-0.2, 0) is 11.3 Å². The van der Waals surface area contributed by atoms with Gasteiger partial charge in [0, 0.05) is 41.9 Å². The number of ether oxygens (including phenoxy) is 1.